The zero-order valence-corrected chi connectivity index (χ0v) is 8.16. The number of aliphatic hydroxyl groups excluding tert-OH is 1. The molecule has 0 saturated carbocycles. The monoisotopic (exact) mass is 204 g/mol. The van der Waals surface area contributed by atoms with Gasteiger partial charge in [0.2, 0.25) is 0 Å². The standard InChI is InChI=1S/C9H10F2OS/c1-5(12)6-3-4-7(13-2)9(11)8(6)10/h3-5,12H,1-2H3. The maximum absolute atomic E-state index is 13.2. The minimum absolute atomic E-state index is 0.00435. The molecule has 1 unspecified atom stereocenters. The highest BCUT2D eigenvalue weighted by Gasteiger charge is 2.15. The molecule has 0 amide bonds. The number of halogens is 2. The Bertz CT molecular complexity index is 313. The lowest BCUT2D eigenvalue weighted by molar-refractivity contribution is 0.192. The lowest BCUT2D eigenvalue weighted by Gasteiger charge is -2.08. The number of thioether (sulfide) groups is 1. The van der Waals surface area contributed by atoms with Crippen LogP contribution in [0.25, 0.3) is 0 Å². The molecule has 13 heavy (non-hydrogen) atoms. The molecule has 1 aromatic carbocycles. The summed E-state index contributed by atoms with van der Waals surface area (Å²) >= 11 is 1.13. The molecule has 0 heterocycles. The summed E-state index contributed by atoms with van der Waals surface area (Å²) in [7, 11) is 0. The van der Waals surface area contributed by atoms with Crippen molar-refractivity contribution in [1.82, 2.24) is 0 Å². The Morgan fingerprint density at radius 1 is 1.31 bits per heavy atom. The number of aliphatic hydroxyl groups is 1. The second kappa shape index (κ2) is 4.07. The topological polar surface area (TPSA) is 20.2 Å². The Morgan fingerprint density at radius 2 is 1.92 bits per heavy atom. The second-order valence-electron chi connectivity index (χ2n) is 2.66. The van der Waals surface area contributed by atoms with Crippen LogP contribution >= 0.6 is 11.8 Å². The normalized spacial score (nSPS) is 13.0. The Balaban J connectivity index is 3.23. The van der Waals surface area contributed by atoms with Gasteiger partial charge in [-0.2, -0.15) is 0 Å². The summed E-state index contributed by atoms with van der Waals surface area (Å²) in [6.45, 7) is 1.40. The molecule has 0 spiro atoms. The average Bonchev–Trinajstić information content (AvgIpc) is 2.09. The van der Waals surface area contributed by atoms with Gasteiger partial charge in [-0.3, -0.25) is 0 Å². The fraction of sp³-hybridized carbons (Fsp3) is 0.333. The van der Waals surface area contributed by atoms with Crippen molar-refractivity contribution in [3.63, 3.8) is 0 Å². The van der Waals surface area contributed by atoms with Crippen molar-refractivity contribution in [3.8, 4) is 0 Å². The van der Waals surface area contributed by atoms with E-state index in [9.17, 15) is 8.78 Å². The highest BCUT2D eigenvalue weighted by Crippen LogP contribution is 2.26. The average molecular weight is 204 g/mol. The van der Waals surface area contributed by atoms with E-state index in [1.54, 1.807) is 6.26 Å². The van der Waals surface area contributed by atoms with Crippen LogP contribution in [0.15, 0.2) is 17.0 Å². The molecule has 4 heteroatoms. The minimum atomic E-state index is -0.981. The Kier molecular flexibility index (Phi) is 3.27. The molecule has 0 aliphatic carbocycles. The van der Waals surface area contributed by atoms with E-state index in [1.807, 2.05) is 0 Å². The van der Waals surface area contributed by atoms with Gasteiger partial charge in [-0.15, -0.1) is 11.8 Å². The molecule has 0 bridgehead atoms. The highest BCUT2D eigenvalue weighted by molar-refractivity contribution is 7.98. The van der Waals surface area contributed by atoms with Crippen LogP contribution in [0, 0.1) is 11.6 Å². The van der Waals surface area contributed by atoms with Crippen molar-refractivity contribution in [3.05, 3.63) is 29.3 Å². The number of rotatable bonds is 2. The molecule has 1 rings (SSSR count). The SMILES string of the molecule is CSc1ccc(C(C)O)c(F)c1F. The summed E-state index contributed by atoms with van der Waals surface area (Å²) in [6, 6.07) is 2.86. The first kappa shape index (κ1) is 10.5. The van der Waals surface area contributed by atoms with Gasteiger partial charge in [0.1, 0.15) is 0 Å². The van der Waals surface area contributed by atoms with Crippen molar-refractivity contribution < 1.29 is 13.9 Å². The summed E-state index contributed by atoms with van der Waals surface area (Å²) < 4.78 is 26.3. The van der Waals surface area contributed by atoms with Crippen LogP contribution in [0.3, 0.4) is 0 Å². The third-order valence-electron chi connectivity index (χ3n) is 1.75. The molecule has 0 saturated heterocycles. The zero-order valence-electron chi connectivity index (χ0n) is 7.34. The lowest BCUT2D eigenvalue weighted by Crippen LogP contribution is -1.99. The molecule has 1 aromatic rings. The van der Waals surface area contributed by atoms with Gasteiger partial charge in [0, 0.05) is 10.5 Å². The first-order valence-corrected chi connectivity index (χ1v) is 5.00. The van der Waals surface area contributed by atoms with Crippen molar-refractivity contribution in [2.75, 3.05) is 6.26 Å². The molecule has 0 fully saturated rings. The fourth-order valence-corrected chi connectivity index (χ4v) is 1.50. The van der Waals surface area contributed by atoms with Crippen LogP contribution in [0.4, 0.5) is 8.78 Å². The lowest BCUT2D eigenvalue weighted by atomic mass is 10.1. The van der Waals surface area contributed by atoms with E-state index in [4.69, 9.17) is 5.11 Å². The molecule has 1 N–H and O–H groups in total. The maximum atomic E-state index is 13.2. The van der Waals surface area contributed by atoms with Crippen molar-refractivity contribution in [1.29, 1.82) is 0 Å². The van der Waals surface area contributed by atoms with E-state index >= 15 is 0 Å². The quantitative estimate of drug-likeness (QED) is 0.747. The molecule has 1 atom stereocenters. The smallest absolute Gasteiger partial charge is 0.172 e. The summed E-state index contributed by atoms with van der Waals surface area (Å²) in [6.07, 6.45) is 0.685. The summed E-state index contributed by atoms with van der Waals surface area (Å²) in [5.74, 6) is -1.84. The minimum Gasteiger partial charge on any atom is -0.389 e. The van der Waals surface area contributed by atoms with Crippen LogP contribution in [0.5, 0.6) is 0 Å². The Morgan fingerprint density at radius 3 is 2.38 bits per heavy atom. The van der Waals surface area contributed by atoms with E-state index in [1.165, 1.54) is 19.1 Å². The van der Waals surface area contributed by atoms with Gasteiger partial charge in [0.05, 0.1) is 6.10 Å². The van der Waals surface area contributed by atoms with E-state index in [2.05, 4.69) is 0 Å². The molecule has 1 nitrogen and oxygen atoms in total. The van der Waals surface area contributed by atoms with Gasteiger partial charge in [0.25, 0.3) is 0 Å². The van der Waals surface area contributed by atoms with Crippen molar-refractivity contribution in [2.24, 2.45) is 0 Å². The molecule has 0 aliphatic rings. The molecule has 0 aliphatic heterocycles. The fourth-order valence-electron chi connectivity index (χ4n) is 1.03. The van der Waals surface area contributed by atoms with E-state index in [0.29, 0.717) is 0 Å². The molecule has 0 radical (unpaired) electrons. The predicted molar refractivity (Wildman–Crippen MR) is 48.8 cm³/mol. The van der Waals surface area contributed by atoms with E-state index in [-0.39, 0.29) is 10.5 Å². The van der Waals surface area contributed by atoms with Crippen LogP contribution in [-0.2, 0) is 0 Å². The predicted octanol–water partition coefficient (Wildman–Crippen LogP) is 2.74. The highest BCUT2D eigenvalue weighted by atomic mass is 32.2. The van der Waals surface area contributed by atoms with Gasteiger partial charge in [-0.25, -0.2) is 8.78 Å². The van der Waals surface area contributed by atoms with Crippen LogP contribution < -0.4 is 0 Å². The Hall–Kier alpha value is -0.610. The van der Waals surface area contributed by atoms with Crippen LogP contribution in [0.1, 0.15) is 18.6 Å². The third-order valence-corrected chi connectivity index (χ3v) is 2.50. The zero-order chi connectivity index (χ0) is 10.0. The number of hydrogen-bond donors (Lipinski definition) is 1. The van der Waals surface area contributed by atoms with Gasteiger partial charge in [-0.1, -0.05) is 6.07 Å². The molecular weight excluding hydrogens is 194 g/mol. The summed E-state index contributed by atoms with van der Waals surface area (Å²) in [4.78, 5) is 0.252. The van der Waals surface area contributed by atoms with Crippen molar-refractivity contribution in [2.45, 2.75) is 17.9 Å². The van der Waals surface area contributed by atoms with Crippen LogP contribution in [-0.4, -0.2) is 11.4 Å². The molecular formula is C9H10F2OS. The first-order valence-electron chi connectivity index (χ1n) is 3.78. The van der Waals surface area contributed by atoms with Gasteiger partial charge in [-0.05, 0) is 19.2 Å². The van der Waals surface area contributed by atoms with E-state index < -0.39 is 17.7 Å². The maximum Gasteiger partial charge on any atom is 0.172 e. The first-order chi connectivity index (χ1) is 6.07. The van der Waals surface area contributed by atoms with E-state index in [0.717, 1.165) is 11.8 Å². The van der Waals surface area contributed by atoms with Gasteiger partial charge >= 0.3 is 0 Å². The molecule has 72 valence electrons. The number of hydrogen-bond acceptors (Lipinski definition) is 2. The summed E-state index contributed by atoms with van der Waals surface area (Å²) in [5.41, 5.74) is -0.00435. The van der Waals surface area contributed by atoms with Gasteiger partial charge in [0.15, 0.2) is 11.6 Å². The number of benzene rings is 1. The summed E-state index contributed by atoms with van der Waals surface area (Å²) in [5, 5.41) is 9.08. The second-order valence-corrected chi connectivity index (χ2v) is 3.51. The van der Waals surface area contributed by atoms with Crippen LogP contribution in [0.2, 0.25) is 0 Å². The Labute approximate surface area is 79.8 Å². The third kappa shape index (κ3) is 2.00. The largest absolute Gasteiger partial charge is 0.389 e. The van der Waals surface area contributed by atoms with Crippen molar-refractivity contribution >= 4 is 11.8 Å². The van der Waals surface area contributed by atoms with Gasteiger partial charge < -0.3 is 5.11 Å². The molecule has 0 aromatic heterocycles.